The summed E-state index contributed by atoms with van der Waals surface area (Å²) < 4.78 is 32.4. The van der Waals surface area contributed by atoms with Crippen LogP contribution in [0.25, 0.3) is 6.08 Å². The van der Waals surface area contributed by atoms with E-state index in [1.165, 1.54) is 6.08 Å². The van der Waals surface area contributed by atoms with E-state index in [0.29, 0.717) is 5.01 Å². The maximum Gasteiger partial charge on any atom is 0.348 e. The monoisotopic (exact) mass is 367 g/mol. The lowest BCUT2D eigenvalue weighted by atomic mass is 9.80. The van der Waals surface area contributed by atoms with Crippen LogP contribution in [0.1, 0.15) is 33.8 Å². The largest absolute Gasteiger partial charge is 0.397 e. The van der Waals surface area contributed by atoms with Gasteiger partial charge in [-0.25, -0.2) is 16.1 Å². The second kappa shape index (κ2) is 5.54. The highest BCUT2D eigenvalue weighted by Crippen LogP contribution is 2.42. The number of rotatable bonds is 2. The minimum absolute atomic E-state index is 0.164. The second-order valence-corrected chi connectivity index (χ2v) is 6.78. The van der Waals surface area contributed by atoms with E-state index in [1.54, 1.807) is 11.5 Å². The number of nitrogens with two attached hydrogens (primary N) is 2. The van der Waals surface area contributed by atoms with Crippen LogP contribution in [0.15, 0.2) is 17.0 Å². The highest BCUT2D eigenvalue weighted by Gasteiger charge is 2.43. The third-order valence-electron chi connectivity index (χ3n) is 3.99. The molecule has 12 heteroatoms. The Hall–Kier alpha value is -2.96. The number of carbonyl (C=O) groups is 3. The van der Waals surface area contributed by atoms with Gasteiger partial charge in [-0.15, -0.1) is 0 Å². The van der Waals surface area contributed by atoms with Crippen LogP contribution in [0.4, 0.5) is 10.5 Å². The van der Waals surface area contributed by atoms with E-state index >= 15 is 0 Å². The molecule has 1 aromatic carbocycles. The molecule has 1 atom stereocenters. The molecule has 0 bridgehead atoms. The first-order valence-corrected chi connectivity index (χ1v) is 8.36. The number of hydrogen-bond acceptors (Lipinski definition) is 7. The van der Waals surface area contributed by atoms with Gasteiger partial charge in [0, 0.05) is 11.1 Å². The summed E-state index contributed by atoms with van der Waals surface area (Å²) in [7, 11) is -4.71. The molecule has 0 spiro atoms. The van der Waals surface area contributed by atoms with Crippen molar-refractivity contribution in [1.29, 1.82) is 0 Å². The minimum atomic E-state index is -4.71. The zero-order valence-electron chi connectivity index (χ0n) is 12.5. The number of urea groups is 1. The van der Waals surface area contributed by atoms with Gasteiger partial charge in [-0.05, 0) is 18.1 Å². The fourth-order valence-corrected chi connectivity index (χ4v) is 3.59. The van der Waals surface area contributed by atoms with Crippen molar-refractivity contribution < 1.29 is 27.4 Å². The summed E-state index contributed by atoms with van der Waals surface area (Å²) in [6, 6.07) is -0.124. The van der Waals surface area contributed by atoms with Crippen molar-refractivity contribution in [3.8, 4) is 0 Å². The molecule has 1 aliphatic carbocycles. The van der Waals surface area contributed by atoms with Gasteiger partial charge in [0.2, 0.25) is 0 Å². The van der Waals surface area contributed by atoms with Crippen molar-refractivity contribution in [2.45, 2.75) is 17.2 Å². The molecule has 1 aromatic rings. The summed E-state index contributed by atoms with van der Waals surface area (Å²) in [5.41, 5.74) is 9.51. The Labute approximate surface area is 141 Å². The topological polar surface area (TPSA) is 185 Å². The first-order chi connectivity index (χ1) is 11.7. The van der Waals surface area contributed by atoms with Crippen LogP contribution in [0.5, 0.6) is 0 Å². The maximum absolute atomic E-state index is 12.6. The number of hydrogen-bond donors (Lipinski definition) is 5. The highest BCUT2D eigenvalue weighted by molar-refractivity contribution is 7.86. The number of nitrogen functional groups attached to an aromatic ring is 1. The van der Waals surface area contributed by atoms with Crippen molar-refractivity contribution >= 4 is 39.7 Å². The van der Waals surface area contributed by atoms with Crippen molar-refractivity contribution in [3.05, 3.63) is 28.8 Å². The number of nitrogens with zero attached hydrogens (tertiary/aromatic N) is 1. The van der Waals surface area contributed by atoms with E-state index in [9.17, 15) is 27.4 Å². The lowest BCUT2D eigenvalue weighted by Gasteiger charge is -2.35. The summed E-state index contributed by atoms with van der Waals surface area (Å²) >= 11 is 0. The zero-order valence-corrected chi connectivity index (χ0v) is 13.3. The van der Waals surface area contributed by atoms with Gasteiger partial charge >= 0.3 is 6.03 Å². The Morgan fingerprint density at radius 1 is 1.36 bits per heavy atom. The predicted molar refractivity (Wildman–Crippen MR) is 84.1 cm³/mol. The summed E-state index contributed by atoms with van der Waals surface area (Å²) in [6.07, 6.45) is 3.28. The molecule has 0 saturated carbocycles. The Balaban J connectivity index is 2.26. The lowest BCUT2D eigenvalue weighted by molar-refractivity contribution is -0.132. The molecule has 2 aliphatic rings. The third kappa shape index (κ3) is 2.52. The molecule has 11 nitrogen and oxygen atoms in total. The van der Waals surface area contributed by atoms with Gasteiger partial charge in [0.15, 0.2) is 0 Å². The summed E-state index contributed by atoms with van der Waals surface area (Å²) in [4.78, 5) is 35.8. The molecule has 0 aromatic heterocycles. The van der Waals surface area contributed by atoms with Crippen LogP contribution < -0.4 is 22.4 Å². The van der Waals surface area contributed by atoms with E-state index in [1.807, 2.05) is 5.43 Å². The third-order valence-corrected chi connectivity index (χ3v) is 4.88. The molecule has 1 unspecified atom stereocenters. The second-order valence-electron chi connectivity index (χ2n) is 5.39. The van der Waals surface area contributed by atoms with Crippen LogP contribution in [0.3, 0.4) is 0 Å². The molecule has 4 amide bonds. The van der Waals surface area contributed by atoms with E-state index in [2.05, 4.69) is 0 Å². The Bertz CT molecular complexity index is 954. The summed E-state index contributed by atoms with van der Waals surface area (Å²) in [5.74, 6) is 2.39. The Kier molecular flexibility index (Phi) is 3.74. The number of amides is 4. The van der Waals surface area contributed by atoms with Crippen molar-refractivity contribution in [1.82, 2.24) is 15.9 Å². The molecule has 1 heterocycles. The number of benzene rings is 1. The average molecular weight is 367 g/mol. The average Bonchev–Trinajstić information content (AvgIpc) is 2.56. The molecule has 1 aliphatic heterocycles. The van der Waals surface area contributed by atoms with E-state index < -0.39 is 38.8 Å². The number of hydrazine groups is 2. The van der Waals surface area contributed by atoms with E-state index in [4.69, 9.17) is 11.6 Å². The Morgan fingerprint density at radius 2 is 2.04 bits per heavy atom. The first-order valence-electron chi connectivity index (χ1n) is 6.92. The molecule has 0 saturated heterocycles. The van der Waals surface area contributed by atoms with Crippen LogP contribution in [-0.4, -0.2) is 35.8 Å². The van der Waals surface area contributed by atoms with Gasteiger partial charge in [-0.3, -0.25) is 19.6 Å². The van der Waals surface area contributed by atoms with Crippen LogP contribution in [0.2, 0.25) is 0 Å². The van der Waals surface area contributed by atoms with Crippen LogP contribution >= 0.6 is 0 Å². The molecular formula is C13H13N5O6S. The lowest BCUT2D eigenvalue weighted by Crippen LogP contribution is -2.57. The highest BCUT2D eigenvalue weighted by atomic mass is 32.2. The summed E-state index contributed by atoms with van der Waals surface area (Å²) in [6.45, 7) is 0. The van der Waals surface area contributed by atoms with Gasteiger partial charge in [-0.2, -0.15) is 13.4 Å². The standard InChI is InChI=1S/C13H13N5O6S/c14-10-5-2-1-3-6-9(5)7(4-8(10)25(22,23)24)12(20)18(11(6)19)17-13(21)16-15/h1-2,4,6H,3,14-15H2,(H2,16,17,21)(H,22,23,24). The van der Waals surface area contributed by atoms with Gasteiger partial charge in [-0.1, -0.05) is 12.2 Å². The molecule has 25 heavy (non-hydrogen) atoms. The van der Waals surface area contributed by atoms with Gasteiger partial charge in [0.25, 0.3) is 21.9 Å². The fraction of sp³-hybridized carbons (Fsp3) is 0.154. The first kappa shape index (κ1) is 16.9. The number of anilines is 1. The van der Waals surface area contributed by atoms with E-state index in [0.717, 1.165) is 6.07 Å². The zero-order chi connectivity index (χ0) is 18.5. The van der Waals surface area contributed by atoms with E-state index in [-0.39, 0.29) is 28.8 Å². The number of imide groups is 1. The molecule has 0 radical (unpaired) electrons. The number of nitrogens with one attached hydrogen (secondary N) is 2. The number of allylic oxidation sites excluding steroid dienone is 1. The quantitative estimate of drug-likeness (QED) is 0.111. The predicted octanol–water partition coefficient (Wildman–Crippen LogP) is -0.914. The summed E-state index contributed by atoms with van der Waals surface area (Å²) in [5, 5.41) is 0.447. The van der Waals surface area contributed by atoms with Gasteiger partial charge in [0.05, 0.1) is 11.6 Å². The molecule has 0 fully saturated rings. The van der Waals surface area contributed by atoms with Crippen molar-refractivity contribution in [2.75, 3.05) is 5.73 Å². The van der Waals surface area contributed by atoms with Crippen LogP contribution in [0, 0.1) is 0 Å². The van der Waals surface area contributed by atoms with Crippen LogP contribution in [-0.2, 0) is 14.9 Å². The maximum atomic E-state index is 12.6. The van der Waals surface area contributed by atoms with Crippen molar-refractivity contribution in [2.24, 2.45) is 5.84 Å². The Morgan fingerprint density at radius 3 is 2.64 bits per heavy atom. The normalized spacial score (nSPS) is 18.8. The molecule has 3 rings (SSSR count). The fourth-order valence-electron chi connectivity index (χ4n) is 2.94. The van der Waals surface area contributed by atoms with Crippen molar-refractivity contribution in [3.63, 3.8) is 0 Å². The molecular weight excluding hydrogens is 354 g/mol. The smallest absolute Gasteiger partial charge is 0.348 e. The van der Waals surface area contributed by atoms with Gasteiger partial charge < -0.3 is 5.73 Å². The molecule has 7 N–H and O–H groups in total. The number of carbonyl (C=O) groups excluding carboxylic acids is 3. The van der Waals surface area contributed by atoms with Gasteiger partial charge in [0.1, 0.15) is 4.90 Å². The SMILES string of the molecule is NNC(=O)NN1C(=O)c2cc(S(=O)(=O)O)c(N)c3c2C(CC=C3)C1=O. The molecule has 132 valence electrons. The minimum Gasteiger partial charge on any atom is -0.397 e.